The van der Waals surface area contributed by atoms with Gasteiger partial charge in [0.05, 0.1) is 0 Å². The van der Waals surface area contributed by atoms with Crippen molar-refractivity contribution in [2.45, 2.75) is 41.0 Å². The zero-order chi connectivity index (χ0) is 11.2. The summed E-state index contributed by atoms with van der Waals surface area (Å²) in [5.41, 5.74) is 0.409. The Morgan fingerprint density at radius 1 is 1.21 bits per heavy atom. The van der Waals surface area contributed by atoms with Crippen molar-refractivity contribution < 1.29 is 0 Å². The van der Waals surface area contributed by atoms with Gasteiger partial charge < -0.3 is 0 Å². The summed E-state index contributed by atoms with van der Waals surface area (Å²) in [5, 5.41) is 0. The second kappa shape index (κ2) is 7.05. The number of thiol groups is 1. The molecule has 0 aromatic rings. The van der Waals surface area contributed by atoms with Crippen LogP contribution < -0.4 is 0 Å². The normalized spacial score (nSPS) is 14.8. The summed E-state index contributed by atoms with van der Waals surface area (Å²) in [7, 11) is 0. The molecule has 0 rings (SSSR count). The van der Waals surface area contributed by atoms with Crippen LogP contribution in [0.5, 0.6) is 0 Å². The van der Waals surface area contributed by atoms with Crippen LogP contribution in [0.25, 0.3) is 0 Å². The fraction of sp³-hybridized carbons (Fsp3) is 1.00. The predicted molar refractivity (Wildman–Crippen MR) is 73.6 cm³/mol. The fourth-order valence-electron chi connectivity index (χ4n) is 1.12. The molecule has 0 aromatic carbocycles. The average molecular weight is 234 g/mol. The van der Waals surface area contributed by atoms with Crippen molar-refractivity contribution in [1.29, 1.82) is 0 Å². The van der Waals surface area contributed by atoms with Crippen LogP contribution in [0.4, 0.5) is 0 Å². The van der Waals surface area contributed by atoms with E-state index in [2.05, 4.69) is 59.0 Å². The van der Waals surface area contributed by atoms with E-state index in [0.717, 1.165) is 17.6 Å². The van der Waals surface area contributed by atoms with Crippen molar-refractivity contribution in [3.8, 4) is 0 Å². The zero-order valence-corrected chi connectivity index (χ0v) is 12.0. The lowest BCUT2D eigenvalue weighted by molar-refractivity contribution is 0.294. The lowest BCUT2D eigenvalue weighted by Crippen LogP contribution is -2.24. The first-order chi connectivity index (χ1) is 6.38. The third-order valence-electron chi connectivity index (χ3n) is 2.60. The second-order valence-corrected chi connectivity index (χ2v) is 7.02. The van der Waals surface area contributed by atoms with Crippen LogP contribution in [0.2, 0.25) is 0 Å². The van der Waals surface area contributed by atoms with Gasteiger partial charge in [-0.3, -0.25) is 0 Å². The number of hydrogen-bond donors (Lipinski definition) is 1. The van der Waals surface area contributed by atoms with Gasteiger partial charge in [-0.2, -0.15) is 24.4 Å². The molecule has 0 aliphatic rings. The minimum Gasteiger partial charge on any atom is -0.179 e. The van der Waals surface area contributed by atoms with Gasteiger partial charge in [0.2, 0.25) is 0 Å². The molecular formula is C12H26S2. The summed E-state index contributed by atoms with van der Waals surface area (Å²) in [6, 6.07) is 0. The highest BCUT2D eigenvalue weighted by molar-refractivity contribution is 7.99. The maximum absolute atomic E-state index is 4.44. The topological polar surface area (TPSA) is 0 Å². The predicted octanol–water partition coefficient (Wildman–Crippen LogP) is 4.36. The smallest absolute Gasteiger partial charge is 0.00263 e. The summed E-state index contributed by atoms with van der Waals surface area (Å²) >= 11 is 6.53. The van der Waals surface area contributed by atoms with E-state index < -0.39 is 0 Å². The molecule has 0 aliphatic carbocycles. The van der Waals surface area contributed by atoms with E-state index in [0.29, 0.717) is 5.41 Å². The third kappa shape index (κ3) is 7.05. The van der Waals surface area contributed by atoms with Crippen LogP contribution in [0, 0.1) is 17.3 Å². The van der Waals surface area contributed by atoms with Crippen LogP contribution in [-0.2, 0) is 0 Å². The molecule has 14 heavy (non-hydrogen) atoms. The molecule has 0 fully saturated rings. The molecule has 0 radical (unpaired) electrons. The SMILES string of the molecule is CC(C)CCSCC(CS)C(C)(C)C. The Morgan fingerprint density at radius 3 is 2.14 bits per heavy atom. The molecule has 1 unspecified atom stereocenters. The molecular weight excluding hydrogens is 208 g/mol. The van der Waals surface area contributed by atoms with E-state index in [4.69, 9.17) is 0 Å². The van der Waals surface area contributed by atoms with Crippen molar-refractivity contribution >= 4 is 24.4 Å². The molecule has 0 saturated carbocycles. The highest BCUT2D eigenvalue weighted by Gasteiger charge is 2.22. The second-order valence-electron chi connectivity index (χ2n) is 5.50. The van der Waals surface area contributed by atoms with Gasteiger partial charge in [-0.25, -0.2) is 0 Å². The lowest BCUT2D eigenvalue weighted by atomic mass is 9.83. The molecule has 0 N–H and O–H groups in total. The number of hydrogen-bond acceptors (Lipinski definition) is 2. The number of rotatable bonds is 6. The van der Waals surface area contributed by atoms with Crippen molar-refractivity contribution in [2.75, 3.05) is 17.3 Å². The molecule has 86 valence electrons. The van der Waals surface area contributed by atoms with Gasteiger partial charge >= 0.3 is 0 Å². The Hall–Kier alpha value is 0.700. The van der Waals surface area contributed by atoms with E-state index in [-0.39, 0.29) is 0 Å². The van der Waals surface area contributed by atoms with E-state index >= 15 is 0 Å². The van der Waals surface area contributed by atoms with Gasteiger partial charge in [-0.05, 0) is 40.9 Å². The molecule has 0 heterocycles. The third-order valence-corrected chi connectivity index (χ3v) is 4.21. The summed E-state index contributed by atoms with van der Waals surface area (Å²) in [4.78, 5) is 0. The Kier molecular flexibility index (Phi) is 7.41. The van der Waals surface area contributed by atoms with Gasteiger partial charge in [0.25, 0.3) is 0 Å². The molecule has 0 amide bonds. The highest BCUT2D eigenvalue weighted by atomic mass is 32.2. The van der Waals surface area contributed by atoms with E-state index in [1.807, 2.05) is 0 Å². The van der Waals surface area contributed by atoms with E-state index in [1.165, 1.54) is 17.9 Å². The van der Waals surface area contributed by atoms with Crippen LogP contribution in [0.3, 0.4) is 0 Å². The quantitative estimate of drug-likeness (QED) is 0.526. The van der Waals surface area contributed by atoms with Gasteiger partial charge in [0, 0.05) is 0 Å². The largest absolute Gasteiger partial charge is 0.179 e. The monoisotopic (exact) mass is 234 g/mol. The average Bonchev–Trinajstić information content (AvgIpc) is 2.01. The molecule has 0 saturated heterocycles. The van der Waals surface area contributed by atoms with Gasteiger partial charge in [0.1, 0.15) is 0 Å². The van der Waals surface area contributed by atoms with Crippen LogP contribution in [-0.4, -0.2) is 17.3 Å². The van der Waals surface area contributed by atoms with Gasteiger partial charge in [-0.15, -0.1) is 0 Å². The Balaban J connectivity index is 3.64. The molecule has 0 bridgehead atoms. The molecule has 0 aromatic heterocycles. The lowest BCUT2D eigenvalue weighted by Gasteiger charge is -2.29. The van der Waals surface area contributed by atoms with Crippen molar-refractivity contribution in [3.63, 3.8) is 0 Å². The summed E-state index contributed by atoms with van der Waals surface area (Å²) in [5.74, 6) is 5.16. The molecule has 0 spiro atoms. The van der Waals surface area contributed by atoms with Crippen LogP contribution >= 0.6 is 24.4 Å². The number of thioether (sulfide) groups is 1. The summed E-state index contributed by atoms with van der Waals surface area (Å²) in [6.07, 6.45) is 1.34. The van der Waals surface area contributed by atoms with E-state index in [1.54, 1.807) is 0 Å². The van der Waals surface area contributed by atoms with Crippen LogP contribution in [0.1, 0.15) is 41.0 Å². The summed E-state index contributed by atoms with van der Waals surface area (Å²) in [6.45, 7) is 11.5. The molecule has 1 atom stereocenters. The van der Waals surface area contributed by atoms with Crippen molar-refractivity contribution in [2.24, 2.45) is 17.3 Å². The zero-order valence-electron chi connectivity index (χ0n) is 10.3. The van der Waals surface area contributed by atoms with Gasteiger partial charge in [-0.1, -0.05) is 34.6 Å². The Labute approximate surface area is 100 Å². The van der Waals surface area contributed by atoms with Crippen molar-refractivity contribution in [1.82, 2.24) is 0 Å². The Morgan fingerprint density at radius 2 is 1.79 bits per heavy atom. The molecule has 0 aliphatic heterocycles. The molecule has 0 nitrogen and oxygen atoms in total. The minimum atomic E-state index is 0.409. The van der Waals surface area contributed by atoms with Gasteiger partial charge in [0.15, 0.2) is 0 Å². The maximum atomic E-state index is 4.44. The Bertz CT molecular complexity index is 136. The van der Waals surface area contributed by atoms with E-state index in [9.17, 15) is 0 Å². The summed E-state index contributed by atoms with van der Waals surface area (Å²) < 4.78 is 0. The standard InChI is InChI=1S/C12H26S2/c1-10(2)6-7-14-9-11(8-13)12(3,4)5/h10-11,13H,6-9H2,1-5H3. The van der Waals surface area contributed by atoms with Crippen molar-refractivity contribution in [3.05, 3.63) is 0 Å². The first kappa shape index (κ1) is 14.7. The fourth-order valence-corrected chi connectivity index (χ4v) is 3.68. The maximum Gasteiger partial charge on any atom is -0.00263 e. The first-order valence-electron chi connectivity index (χ1n) is 5.56. The highest BCUT2D eigenvalue weighted by Crippen LogP contribution is 2.30. The minimum absolute atomic E-state index is 0.409. The van der Waals surface area contributed by atoms with Crippen LogP contribution in [0.15, 0.2) is 0 Å². The molecule has 2 heteroatoms. The first-order valence-corrected chi connectivity index (χ1v) is 7.35.